The van der Waals surface area contributed by atoms with E-state index in [0.29, 0.717) is 83.0 Å². The van der Waals surface area contributed by atoms with Crippen molar-refractivity contribution in [2.75, 3.05) is 149 Å². The van der Waals surface area contributed by atoms with E-state index in [1.165, 1.54) is 11.4 Å². The van der Waals surface area contributed by atoms with Crippen LogP contribution in [0.3, 0.4) is 0 Å². The van der Waals surface area contributed by atoms with E-state index in [1.54, 1.807) is 85.7 Å². The fourth-order valence-electron chi connectivity index (χ4n) is 11.8. The van der Waals surface area contributed by atoms with Crippen LogP contribution >= 0.6 is 0 Å². The van der Waals surface area contributed by atoms with Gasteiger partial charge in [0.1, 0.15) is 34.6 Å². The Morgan fingerprint density at radius 1 is 0.576 bits per heavy atom. The van der Waals surface area contributed by atoms with Crippen LogP contribution in [-0.4, -0.2) is 150 Å². The summed E-state index contributed by atoms with van der Waals surface area (Å²) >= 11 is 0. The first-order chi connectivity index (χ1) is 44.5. The van der Waals surface area contributed by atoms with E-state index in [1.807, 2.05) is 99.5 Å². The van der Waals surface area contributed by atoms with Crippen LogP contribution < -0.4 is 59.4 Å². The van der Waals surface area contributed by atoms with Gasteiger partial charge in [0.15, 0.2) is 5.82 Å². The van der Waals surface area contributed by atoms with Gasteiger partial charge >= 0.3 is 12.1 Å². The molecule has 4 aliphatic heterocycles. The van der Waals surface area contributed by atoms with Crippen LogP contribution in [0.15, 0.2) is 128 Å². The van der Waals surface area contributed by atoms with Crippen LogP contribution in [0.1, 0.15) is 58.6 Å². The Morgan fingerprint density at radius 2 is 1.05 bits per heavy atom. The first-order valence-corrected chi connectivity index (χ1v) is 31.2. The number of methoxy groups -OCH3 is 4. The minimum Gasteiger partial charge on any atom is -0.497 e. The van der Waals surface area contributed by atoms with E-state index in [2.05, 4.69) is 76.0 Å². The van der Waals surface area contributed by atoms with Crippen LogP contribution in [0.4, 0.5) is 72.7 Å². The maximum absolute atomic E-state index is 14.6. The summed E-state index contributed by atoms with van der Waals surface area (Å²) in [4.78, 5) is 64.4. The van der Waals surface area contributed by atoms with Gasteiger partial charge in [-0.2, -0.15) is 4.98 Å². The lowest BCUT2D eigenvalue weighted by atomic mass is 10.1. The smallest absolute Gasteiger partial charge is 0.335 e. The number of nitrogens with zero attached hydrogens (tertiary/aromatic N) is 12. The van der Waals surface area contributed by atoms with Gasteiger partial charge in [-0.3, -0.25) is 9.80 Å². The Hall–Kier alpha value is -9.70. The number of anilines is 11. The van der Waals surface area contributed by atoms with Crippen LogP contribution in [0.5, 0.6) is 23.0 Å². The molecule has 0 aliphatic carbocycles. The third-order valence-electron chi connectivity index (χ3n) is 17.1. The zero-order chi connectivity index (χ0) is 65.2. The number of rotatable bonds is 16. The Labute approximate surface area is 540 Å². The molecule has 92 heavy (non-hydrogen) atoms. The van der Waals surface area contributed by atoms with Gasteiger partial charge in [-0.25, -0.2) is 34.3 Å². The normalized spacial score (nSPS) is 14.8. The third-order valence-corrected chi connectivity index (χ3v) is 17.1. The molecule has 8 aromatic rings. The number of fused-ring (bicyclic) bond motifs is 2. The van der Waals surface area contributed by atoms with Gasteiger partial charge in [-0.05, 0) is 149 Å². The highest BCUT2D eigenvalue weighted by Crippen LogP contribution is 2.45. The van der Waals surface area contributed by atoms with E-state index in [0.717, 1.165) is 122 Å². The van der Waals surface area contributed by atoms with Gasteiger partial charge in [-0.1, -0.05) is 50.2 Å². The predicted molar refractivity (Wildman–Crippen MR) is 367 cm³/mol. The number of nitrogens with one attached hydrogen (secondary N) is 1. The molecule has 12 rings (SSSR count). The lowest BCUT2D eigenvalue weighted by Gasteiger charge is -2.37. The van der Waals surface area contributed by atoms with Crippen molar-refractivity contribution < 1.29 is 33.3 Å². The molecule has 4 aliphatic rings. The molecule has 2 fully saturated rings. The zero-order valence-electron chi connectivity index (χ0n) is 55.1. The number of nitrogen functional groups attached to an aromatic ring is 1. The van der Waals surface area contributed by atoms with E-state index >= 15 is 0 Å². The Bertz CT molecular complexity index is 3850. The average molecular weight is 1250 g/mol. The number of para-hydroxylation sites is 2. The topological polar surface area (TPSA) is 196 Å². The fourth-order valence-corrected chi connectivity index (χ4v) is 11.8. The molecule has 0 unspecified atom stereocenters. The summed E-state index contributed by atoms with van der Waals surface area (Å²) in [6.45, 7) is 22.6. The van der Waals surface area contributed by atoms with Crippen LogP contribution in [0.2, 0.25) is 0 Å². The van der Waals surface area contributed by atoms with Gasteiger partial charge in [0.2, 0.25) is 5.95 Å². The molecule has 3 N–H and O–H groups in total. The van der Waals surface area contributed by atoms with Crippen molar-refractivity contribution in [3.63, 3.8) is 0 Å². The van der Waals surface area contributed by atoms with Crippen molar-refractivity contribution in [2.24, 2.45) is 0 Å². The number of urea groups is 2. The number of ether oxygens (including phenoxy) is 5. The summed E-state index contributed by atoms with van der Waals surface area (Å²) in [5.74, 6) is 4.28. The lowest BCUT2D eigenvalue weighted by Crippen LogP contribution is -2.46. The van der Waals surface area contributed by atoms with E-state index in [9.17, 15) is 9.59 Å². The van der Waals surface area contributed by atoms with E-state index < -0.39 is 0 Å². The highest BCUT2D eigenvalue weighted by atomic mass is 16.5. The number of benzene rings is 6. The zero-order valence-corrected chi connectivity index (χ0v) is 55.1. The third kappa shape index (κ3) is 14.5. The molecule has 21 nitrogen and oxygen atoms in total. The van der Waals surface area contributed by atoms with Crippen molar-refractivity contribution in [2.45, 2.75) is 61.1 Å². The Kier molecular flexibility index (Phi) is 20.9. The summed E-state index contributed by atoms with van der Waals surface area (Å²) in [6.07, 6.45) is 4.15. The number of amides is 4. The summed E-state index contributed by atoms with van der Waals surface area (Å²) < 4.78 is 28.0. The van der Waals surface area contributed by atoms with Crippen LogP contribution in [-0.2, 0) is 24.2 Å². The SMILES string of the molecule is CCN(C)CC.COc1ccc(N2C(=O)N(c3c(C)cccc3C)Cc3cnc(Cc4cc(N5CCOCC5)cc(N5CCN(C)CC5)c4)nc32)c(OC)c1.COc1ccc(N2C(=O)N(c3c(C)cccc3C)Cc3cnc(Nc4ccc(N)cc4)nc32)c(OC)c1. The first kappa shape index (κ1) is 65.3. The Morgan fingerprint density at radius 3 is 1.52 bits per heavy atom. The van der Waals surface area contributed by atoms with Crippen molar-refractivity contribution in [3.8, 4) is 23.0 Å². The number of hydrogen-bond acceptors (Lipinski definition) is 17. The van der Waals surface area contributed by atoms with Gasteiger partial charge < -0.3 is 54.3 Å². The number of carbonyl (C=O) groups excluding carboxylic acids is 2. The van der Waals surface area contributed by atoms with Gasteiger partial charge in [0, 0.05) is 104 Å². The average Bonchev–Trinajstić information content (AvgIpc) is 0.758. The number of hydrogen-bond donors (Lipinski definition) is 2. The second-order valence-corrected chi connectivity index (χ2v) is 23.3. The summed E-state index contributed by atoms with van der Waals surface area (Å²) in [6, 6.07) is 36.5. The van der Waals surface area contributed by atoms with Crippen molar-refractivity contribution in [1.29, 1.82) is 0 Å². The van der Waals surface area contributed by atoms with E-state index in [4.69, 9.17) is 44.4 Å². The van der Waals surface area contributed by atoms with E-state index in [-0.39, 0.29) is 12.1 Å². The molecule has 0 bridgehead atoms. The van der Waals surface area contributed by atoms with Gasteiger partial charge in [-0.15, -0.1) is 0 Å². The van der Waals surface area contributed by atoms with Gasteiger partial charge in [0.25, 0.3) is 0 Å². The fraction of sp³-hybridized carbons (Fsp3) is 0.352. The molecule has 6 heterocycles. The predicted octanol–water partition coefficient (Wildman–Crippen LogP) is 12.2. The lowest BCUT2D eigenvalue weighted by molar-refractivity contribution is 0.122. The highest BCUT2D eigenvalue weighted by molar-refractivity contribution is 6.13. The molecule has 482 valence electrons. The second kappa shape index (κ2) is 29.5. The summed E-state index contributed by atoms with van der Waals surface area (Å²) in [5.41, 5.74) is 19.4. The molecule has 0 radical (unpaired) electrons. The highest BCUT2D eigenvalue weighted by Gasteiger charge is 2.39. The van der Waals surface area contributed by atoms with Crippen LogP contribution in [0, 0.1) is 27.7 Å². The maximum atomic E-state index is 14.6. The molecular weight excluding hydrogens is 1160 g/mol. The monoisotopic (exact) mass is 1250 g/mol. The van der Waals surface area contributed by atoms with Crippen molar-refractivity contribution in [3.05, 3.63) is 172 Å². The number of piperazine rings is 1. The van der Waals surface area contributed by atoms with Crippen molar-refractivity contribution >= 4 is 75.1 Å². The standard InChI is InChI=1S/C38H45N7O4.C28H28N6O3.C5H13N/c1-26-7-6-8-27(2)36(26)44-25-29-24-39-35(40-37(29)45(38(44)46)33-10-9-32(47-4)23-34(33)48-5)21-28-19-30(42-13-11-41(3)12-14-42)22-31(20-28)43-15-17-49-18-16-43;1-17-6-5-7-18(2)25(17)33-16-19-15-30-27(31-21-10-8-20(29)9-11-21)32-26(19)34(28(33)35)23-13-12-22(36-3)14-24(23)37-4;1-4-6(3)5-2/h6-10,19-20,22-24H,11-18,21,25H2,1-5H3;5-15H,16,29H2,1-4H3,(H,30,31,32);4-5H2,1-3H3. The largest absolute Gasteiger partial charge is 0.497 e. The molecule has 2 aromatic heterocycles. The molecular formula is C71H86N14O7. The molecule has 0 atom stereocenters. The number of likely N-dealkylation sites (N-methyl/N-ethyl adjacent to an activating group) is 1. The molecule has 21 heteroatoms. The summed E-state index contributed by atoms with van der Waals surface area (Å²) in [5, 5.41) is 3.20. The van der Waals surface area contributed by atoms with Gasteiger partial charge in [0.05, 0.1) is 77.5 Å². The molecule has 2 saturated heterocycles. The molecule has 4 amide bonds. The number of aromatic nitrogens is 4. The molecule has 0 spiro atoms. The maximum Gasteiger partial charge on any atom is 0.335 e. The minimum absolute atomic E-state index is 0.204. The Balaban J connectivity index is 0.000000191. The second-order valence-electron chi connectivity index (χ2n) is 23.3. The number of carbonyl (C=O) groups is 2. The number of aryl methyl sites for hydroxylation is 4. The van der Waals surface area contributed by atoms with Crippen molar-refractivity contribution in [1.82, 2.24) is 29.7 Å². The first-order valence-electron chi connectivity index (χ1n) is 31.2. The van der Waals surface area contributed by atoms with Crippen LogP contribution in [0.25, 0.3) is 0 Å². The molecule has 6 aromatic carbocycles. The number of morpholine rings is 1. The molecule has 0 saturated carbocycles. The summed E-state index contributed by atoms with van der Waals surface area (Å²) in [7, 11) is 10.6. The quantitative estimate of drug-likeness (QED) is 0.0866. The minimum atomic E-state index is -0.245. The number of nitrogens with two attached hydrogens (primary N) is 1.